The molecule has 0 aromatic heterocycles. The lowest BCUT2D eigenvalue weighted by Gasteiger charge is -2.23. The molecule has 0 radical (unpaired) electrons. The Morgan fingerprint density at radius 2 is 2.22 bits per heavy atom. The van der Waals surface area contributed by atoms with E-state index in [0.29, 0.717) is 30.3 Å². The third-order valence-electron chi connectivity index (χ3n) is 4.46. The van der Waals surface area contributed by atoms with E-state index in [1.165, 1.54) is 6.08 Å². The number of sulfonamides is 1. The molecular weight excluding hydrogens is 312 g/mol. The Bertz CT molecular complexity index is 554. The van der Waals surface area contributed by atoms with Gasteiger partial charge in [0.25, 0.3) is 0 Å². The normalized spacial score (nSPS) is 27.1. The van der Waals surface area contributed by atoms with Crippen molar-refractivity contribution in [2.45, 2.75) is 31.8 Å². The first-order valence-electron chi connectivity index (χ1n) is 8.33. The average molecular weight is 340 g/mol. The smallest absolute Gasteiger partial charge is 0.242 e. The maximum Gasteiger partial charge on any atom is 0.242 e. The molecule has 2 fully saturated rings. The number of nitrogens with zero attached hydrogens (tertiary/aromatic N) is 1. The van der Waals surface area contributed by atoms with E-state index < -0.39 is 10.0 Å². The van der Waals surface area contributed by atoms with Gasteiger partial charge in [-0.15, -0.1) is 0 Å². The van der Waals surface area contributed by atoms with Crippen LogP contribution in [-0.2, 0) is 14.8 Å². The molecule has 0 bridgehead atoms. The molecule has 5 nitrogen and oxygen atoms in total. The Morgan fingerprint density at radius 1 is 1.39 bits per heavy atom. The van der Waals surface area contributed by atoms with E-state index in [1.807, 2.05) is 19.2 Å². The number of rotatable bonds is 7. The molecule has 23 heavy (non-hydrogen) atoms. The van der Waals surface area contributed by atoms with E-state index in [2.05, 4.69) is 11.9 Å². The van der Waals surface area contributed by atoms with Crippen molar-refractivity contribution in [1.29, 1.82) is 0 Å². The second-order valence-electron chi connectivity index (χ2n) is 6.04. The van der Waals surface area contributed by atoms with Crippen molar-refractivity contribution in [2.24, 2.45) is 5.92 Å². The molecule has 0 saturated carbocycles. The highest BCUT2D eigenvalue weighted by Crippen LogP contribution is 2.30. The standard InChI is InChI=1S/C17H28N2O3S/c1-3-16(8-5-4-6-11-18-2)23(20,21)19-12-7-9-17-15(14-19)10-13-22-17/h3-4,6,8,15,17-18H,1,5,7,9-14H2,2H3. The van der Waals surface area contributed by atoms with Crippen LogP contribution in [0.4, 0.5) is 0 Å². The van der Waals surface area contributed by atoms with Gasteiger partial charge in [-0.1, -0.05) is 24.8 Å². The largest absolute Gasteiger partial charge is 0.378 e. The van der Waals surface area contributed by atoms with Crippen molar-refractivity contribution in [3.8, 4) is 0 Å². The van der Waals surface area contributed by atoms with Gasteiger partial charge in [-0.05, 0) is 38.8 Å². The topological polar surface area (TPSA) is 58.6 Å². The monoisotopic (exact) mass is 340 g/mol. The zero-order valence-corrected chi connectivity index (χ0v) is 14.7. The number of likely N-dealkylation sites (N-methyl/N-ethyl adjacent to an activating group) is 1. The van der Waals surface area contributed by atoms with Crippen LogP contribution in [0.5, 0.6) is 0 Å². The zero-order valence-electron chi connectivity index (χ0n) is 13.9. The van der Waals surface area contributed by atoms with Gasteiger partial charge in [0.1, 0.15) is 0 Å². The van der Waals surface area contributed by atoms with Gasteiger partial charge >= 0.3 is 0 Å². The second kappa shape index (κ2) is 8.78. The summed E-state index contributed by atoms with van der Waals surface area (Å²) < 4.78 is 33.1. The molecule has 2 rings (SSSR count). The van der Waals surface area contributed by atoms with Crippen LogP contribution in [0.25, 0.3) is 0 Å². The maximum absolute atomic E-state index is 12.9. The molecule has 0 aromatic rings. The Balaban J connectivity index is 2.07. The van der Waals surface area contributed by atoms with Crippen molar-refractivity contribution in [3.63, 3.8) is 0 Å². The molecule has 2 saturated heterocycles. The number of hydrogen-bond donors (Lipinski definition) is 1. The molecule has 0 aliphatic carbocycles. The Labute approximate surface area is 140 Å². The predicted molar refractivity (Wildman–Crippen MR) is 93.5 cm³/mol. The van der Waals surface area contributed by atoms with Crippen LogP contribution in [0.1, 0.15) is 25.7 Å². The summed E-state index contributed by atoms with van der Waals surface area (Å²) in [5.74, 6) is 0.328. The van der Waals surface area contributed by atoms with Crippen LogP contribution in [0, 0.1) is 5.92 Å². The van der Waals surface area contributed by atoms with E-state index in [1.54, 1.807) is 10.4 Å². The summed E-state index contributed by atoms with van der Waals surface area (Å²) >= 11 is 0. The number of ether oxygens (including phenoxy) is 1. The SMILES string of the molecule is C=CC(=CCC=CCNC)S(=O)(=O)N1CCCC2OCCC2C1. The summed E-state index contributed by atoms with van der Waals surface area (Å²) in [4.78, 5) is 0.309. The van der Waals surface area contributed by atoms with Gasteiger partial charge in [-0.2, -0.15) is 4.31 Å². The van der Waals surface area contributed by atoms with Gasteiger partial charge in [0.05, 0.1) is 11.0 Å². The lowest BCUT2D eigenvalue weighted by atomic mass is 10.00. The molecule has 130 valence electrons. The molecule has 0 spiro atoms. The highest BCUT2D eigenvalue weighted by Gasteiger charge is 2.36. The molecule has 2 atom stereocenters. The third-order valence-corrected chi connectivity index (χ3v) is 6.40. The number of nitrogens with one attached hydrogen (secondary N) is 1. The molecule has 2 aliphatic heterocycles. The summed E-state index contributed by atoms with van der Waals surface area (Å²) in [6.07, 6.45) is 10.7. The molecule has 2 heterocycles. The molecule has 0 amide bonds. The predicted octanol–water partition coefficient (Wildman–Crippen LogP) is 2.05. The first kappa shape index (κ1) is 18.4. The lowest BCUT2D eigenvalue weighted by Crippen LogP contribution is -2.36. The minimum Gasteiger partial charge on any atom is -0.378 e. The van der Waals surface area contributed by atoms with Crippen molar-refractivity contribution in [2.75, 3.05) is 33.3 Å². The van der Waals surface area contributed by atoms with Crippen LogP contribution >= 0.6 is 0 Å². The first-order valence-corrected chi connectivity index (χ1v) is 9.77. The summed E-state index contributed by atoms with van der Waals surface area (Å²) in [5, 5.41) is 3.01. The van der Waals surface area contributed by atoms with Gasteiger partial charge in [0.2, 0.25) is 10.0 Å². The quantitative estimate of drug-likeness (QED) is 0.569. The molecule has 0 aromatic carbocycles. The van der Waals surface area contributed by atoms with Gasteiger partial charge in [-0.25, -0.2) is 8.42 Å². The van der Waals surface area contributed by atoms with Crippen molar-refractivity contribution in [1.82, 2.24) is 9.62 Å². The van der Waals surface area contributed by atoms with Gasteiger partial charge in [-0.3, -0.25) is 0 Å². The van der Waals surface area contributed by atoms with E-state index in [0.717, 1.165) is 32.4 Å². The van der Waals surface area contributed by atoms with Crippen molar-refractivity contribution < 1.29 is 13.2 Å². The minimum atomic E-state index is -3.46. The molecular formula is C17H28N2O3S. The lowest BCUT2D eigenvalue weighted by molar-refractivity contribution is 0.0867. The van der Waals surface area contributed by atoms with Gasteiger partial charge in [0, 0.05) is 32.2 Å². The molecule has 2 unspecified atom stereocenters. The van der Waals surface area contributed by atoms with E-state index >= 15 is 0 Å². The summed E-state index contributed by atoms with van der Waals surface area (Å²) in [5.41, 5.74) is 0. The second-order valence-corrected chi connectivity index (χ2v) is 7.98. The Morgan fingerprint density at radius 3 is 2.96 bits per heavy atom. The average Bonchev–Trinajstić information content (AvgIpc) is 2.87. The Kier molecular flexibility index (Phi) is 7.02. The summed E-state index contributed by atoms with van der Waals surface area (Å²) in [6.45, 7) is 6.35. The minimum absolute atomic E-state index is 0.232. The van der Waals surface area contributed by atoms with Crippen molar-refractivity contribution in [3.05, 3.63) is 35.8 Å². The first-order chi connectivity index (χ1) is 11.1. The number of allylic oxidation sites excluding steroid dienone is 3. The van der Waals surface area contributed by atoms with Crippen LogP contribution in [0.2, 0.25) is 0 Å². The zero-order chi connectivity index (χ0) is 16.7. The fourth-order valence-electron chi connectivity index (χ4n) is 3.19. The molecule has 1 N–H and O–H groups in total. The number of fused-ring (bicyclic) bond motifs is 1. The summed E-state index contributed by atoms with van der Waals surface area (Å²) in [7, 11) is -1.58. The molecule has 6 heteroatoms. The molecule has 2 aliphatic rings. The fourth-order valence-corrected chi connectivity index (χ4v) is 4.76. The Hall–Kier alpha value is -0.950. The maximum atomic E-state index is 12.9. The van der Waals surface area contributed by atoms with Crippen molar-refractivity contribution >= 4 is 10.0 Å². The van der Waals surface area contributed by atoms with Gasteiger partial charge in [0.15, 0.2) is 0 Å². The third kappa shape index (κ3) is 4.76. The highest BCUT2D eigenvalue weighted by molar-refractivity contribution is 7.93. The van der Waals surface area contributed by atoms with E-state index in [-0.39, 0.29) is 6.10 Å². The van der Waals surface area contributed by atoms with E-state index in [9.17, 15) is 8.42 Å². The van der Waals surface area contributed by atoms with Gasteiger partial charge < -0.3 is 10.1 Å². The number of hydrogen-bond acceptors (Lipinski definition) is 4. The van der Waals surface area contributed by atoms with Crippen LogP contribution < -0.4 is 5.32 Å². The van der Waals surface area contributed by atoms with E-state index in [4.69, 9.17) is 4.74 Å². The van der Waals surface area contributed by atoms with Crippen LogP contribution in [0.15, 0.2) is 35.8 Å². The van der Waals surface area contributed by atoms with Crippen LogP contribution in [-0.4, -0.2) is 52.1 Å². The highest BCUT2D eigenvalue weighted by atomic mass is 32.2. The summed E-state index contributed by atoms with van der Waals surface area (Å²) in [6, 6.07) is 0. The van der Waals surface area contributed by atoms with Crippen LogP contribution in [0.3, 0.4) is 0 Å². The fraction of sp³-hybridized carbons (Fsp3) is 0.647.